The molecule has 0 saturated heterocycles. The third-order valence-electron chi connectivity index (χ3n) is 4.11. The Kier molecular flexibility index (Phi) is 6.18. The Bertz CT molecular complexity index is 694. The number of nitrogens with zero attached hydrogens (tertiary/aromatic N) is 1. The predicted octanol–water partition coefficient (Wildman–Crippen LogP) is 1.86. The molecule has 0 atom stereocenters. The fourth-order valence-corrected chi connectivity index (χ4v) is 3.09. The topological polar surface area (TPSA) is 102 Å². The quantitative estimate of drug-likeness (QED) is 0.403. The van der Waals surface area contributed by atoms with Gasteiger partial charge in [-0.2, -0.15) is 5.10 Å². The second kappa shape index (κ2) is 7.97. The minimum absolute atomic E-state index is 0.0275. The summed E-state index contributed by atoms with van der Waals surface area (Å²) in [6.45, 7) is 7.28. The Morgan fingerprint density at radius 3 is 2.80 bits per heavy atom. The van der Waals surface area contributed by atoms with Crippen LogP contribution in [0.1, 0.15) is 54.1 Å². The highest BCUT2D eigenvalue weighted by molar-refractivity contribution is 7.80. The third kappa shape index (κ3) is 4.79. The van der Waals surface area contributed by atoms with Gasteiger partial charge in [-0.3, -0.25) is 10.2 Å². The number of rotatable bonds is 6. The molecular weight excluding hydrogens is 340 g/mol. The third-order valence-corrected chi connectivity index (χ3v) is 4.20. The van der Waals surface area contributed by atoms with Crippen LogP contribution in [0.3, 0.4) is 0 Å². The van der Waals surface area contributed by atoms with Gasteiger partial charge < -0.3 is 20.2 Å². The minimum Gasteiger partial charge on any atom is -0.455 e. The summed E-state index contributed by atoms with van der Waals surface area (Å²) in [4.78, 5) is 12.4. The van der Waals surface area contributed by atoms with Crippen LogP contribution >= 0.6 is 12.2 Å². The molecule has 7 nitrogen and oxygen atoms in total. The monoisotopic (exact) mass is 366 g/mol. The van der Waals surface area contributed by atoms with Crippen LogP contribution in [-0.4, -0.2) is 37.0 Å². The maximum atomic E-state index is 12.4. The first-order chi connectivity index (χ1) is 11.7. The van der Waals surface area contributed by atoms with E-state index in [-0.39, 0.29) is 16.4 Å². The SMILES string of the molecule is COCCCNC(=O)c1oc2c(c1C)/C(=N\NC(N)=S)CC(C)(C)C2. The summed E-state index contributed by atoms with van der Waals surface area (Å²) in [5.74, 6) is 0.893. The number of ether oxygens (including phenoxy) is 1. The fraction of sp³-hybridized carbons (Fsp3) is 0.588. The van der Waals surface area contributed by atoms with Crippen molar-refractivity contribution in [3.63, 3.8) is 0 Å². The van der Waals surface area contributed by atoms with Crippen LogP contribution in [0.2, 0.25) is 0 Å². The second-order valence-electron chi connectivity index (χ2n) is 7.01. The predicted molar refractivity (Wildman–Crippen MR) is 101 cm³/mol. The van der Waals surface area contributed by atoms with Crippen molar-refractivity contribution in [1.29, 1.82) is 0 Å². The number of methoxy groups -OCH3 is 1. The number of nitrogens with one attached hydrogen (secondary N) is 2. The lowest BCUT2D eigenvalue weighted by Crippen LogP contribution is -2.31. The Labute approximate surface area is 153 Å². The van der Waals surface area contributed by atoms with E-state index in [1.807, 2.05) is 6.92 Å². The van der Waals surface area contributed by atoms with E-state index in [1.54, 1.807) is 7.11 Å². The maximum Gasteiger partial charge on any atom is 0.287 e. The number of carbonyl (C=O) groups excluding carboxylic acids is 1. The van der Waals surface area contributed by atoms with Crippen LogP contribution in [0.25, 0.3) is 0 Å². The summed E-state index contributed by atoms with van der Waals surface area (Å²) in [7, 11) is 1.64. The number of fused-ring (bicyclic) bond motifs is 1. The highest BCUT2D eigenvalue weighted by Gasteiger charge is 2.36. The van der Waals surface area contributed by atoms with Crippen molar-refractivity contribution >= 4 is 28.9 Å². The molecule has 1 aliphatic rings. The molecule has 0 fully saturated rings. The summed E-state index contributed by atoms with van der Waals surface area (Å²) < 4.78 is 10.9. The molecule has 0 aliphatic heterocycles. The second-order valence-corrected chi connectivity index (χ2v) is 7.45. The molecule has 1 amide bonds. The van der Waals surface area contributed by atoms with E-state index in [4.69, 9.17) is 27.1 Å². The van der Waals surface area contributed by atoms with E-state index in [1.165, 1.54) is 0 Å². The van der Waals surface area contributed by atoms with E-state index < -0.39 is 0 Å². The van der Waals surface area contributed by atoms with Gasteiger partial charge in [-0.1, -0.05) is 13.8 Å². The summed E-state index contributed by atoms with van der Waals surface area (Å²) in [5, 5.41) is 7.30. The van der Waals surface area contributed by atoms with Crippen molar-refractivity contribution < 1.29 is 13.9 Å². The number of furan rings is 1. The molecule has 1 aromatic heterocycles. The molecule has 1 heterocycles. The molecule has 0 spiro atoms. The molecule has 0 radical (unpaired) electrons. The highest BCUT2D eigenvalue weighted by Crippen LogP contribution is 2.38. The van der Waals surface area contributed by atoms with Crippen molar-refractivity contribution in [2.24, 2.45) is 16.3 Å². The van der Waals surface area contributed by atoms with Crippen LogP contribution in [0.5, 0.6) is 0 Å². The molecule has 0 aromatic carbocycles. The van der Waals surface area contributed by atoms with Gasteiger partial charge in [0.25, 0.3) is 5.91 Å². The van der Waals surface area contributed by atoms with Gasteiger partial charge in [0.05, 0.1) is 5.71 Å². The standard InChI is InChI=1S/C17H26N4O3S/c1-10-13-11(20-21-16(18)25)8-17(2,3)9-12(13)24-14(10)15(22)19-6-5-7-23-4/h5-9H2,1-4H3,(H,19,22)(H3,18,21,25)/b20-11-. The van der Waals surface area contributed by atoms with Crippen molar-refractivity contribution in [2.75, 3.05) is 20.3 Å². The smallest absolute Gasteiger partial charge is 0.287 e. The van der Waals surface area contributed by atoms with Crippen molar-refractivity contribution in [1.82, 2.24) is 10.7 Å². The lowest BCUT2D eigenvalue weighted by Gasteiger charge is -2.29. The van der Waals surface area contributed by atoms with Crippen LogP contribution in [0.15, 0.2) is 9.52 Å². The molecule has 4 N–H and O–H groups in total. The number of nitrogens with two attached hydrogens (primary N) is 1. The zero-order valence-corrected chi connectivity index (χ0v) is 16.0. The zero-order chi connectivity index (χ0) is 18.6. The zero-order valence-electron chi connectivity index (χ0n) is 15.2. The van der Waals surface area contributed by atoms with Gasteiger partial charge in [0.2, 0.25) is 0 Å². The van der Waals surface area contributed by atoms with Crippen molar-refractivity contribution in [3.8, 4) is 0 Å². The normalized spacial score (nSPS) is 17.2. The van der Waals surface area contributed by atoms with Crippen LogP contribution in [0.4, 0.5) is 0 Å². The van der Waals surface area contributed by atoms with Gasteiger partial charge in [0, 0.05) is 37.8 Å². The summed E-state index contributed by atoms with van der Waals surface area (Å²) >= 11 is 4.83. The summed E-state index contributed by atoms with van der Waals surface area (Å²) in [6, 6.07) is 0. The lowest BCUT2D eigenvalue weighted by atomic mass is 9.75. The minimum atomic E-state index is -0.220. The first kappa shape index (κ1) is 19.4. The number of carbonyl (C=O) groups is 1. The fourth-order valence-electron chi connectivity index (χ4n) is 3.05. The van der Waals surface area contributed by atoms with Crippen LogP contribution in [-0.2, 0) is 11.2 Å². The Morgan fingerprint density at radius 2 is 2.16 bits per heavy atom. The molecular formula is C17H26N4O3S. The van der Waals surface area contributed by atoms with E-state index in [9.17, 15) is 4.79 Å². The van der Waals surface area contributed by atoms with Crippen molar-refractivity contribution in [2.45, 2.75) is 40.0 Å². The molecule has 0 saturated carbocycles. The first-order valence-corrected chi connectivity index (χ1v) is 8.68. The largest absolute Gasteiger partial charge is 0.455 e. The van der Waals surface area contributed by atoms with Gasteiger partial charge >= 0.3 is 0 Å². The number of hydrazone groups is 1. The molecule has 0 bridgehead atoms. The van der Waals surface area contributed by atoms with Gasteiger partial charge in [0.15, 0.2) is 10.9 Å². The van der Waals surface area contributed by atoms with E-state index >= 15 is 0 Å². The molecule has 25 heavy (non-hydrogen) atoms. The number of hydrogen-bond donors (Lipinski definition) is 3. The Morgan fingerprint density at radius 1 is 1.44 bits per heavy atom. The van der Waals surface area contributed by atoms with E-state index in [2.05, 4.69) is 29.7 Å². The average Bonchev–Trinajstić information content (AvgIpc) is 2.84. The first-order valence-electron chi connectivity index (χ1n) is 8.27. The van der Waals surface area contributed by atoms with Gasteiger partial charge in [0.1, 0.15) is 5.76 Å². The Balaban J connectivity index is 2.28. The molecule has 8 heteroatoms. The Hall–Kier alpha value is -1.93. The molecule has 2 rings (SSSR count). The number of amides is 1. The van der Waals surface area contributed by atoms with Gasteiger partial charge in [-0.15, -0.1) is 0 Å². The van der Waals surface area contributed by atoms with Crippen LogP contribution in [0, 0.1) is 12.3 Å². The van der Waals surface area contributed by atoms with E-state index in [0.717, 1.165) is 41.9 Å². The van der Waals surface area contributed by atoms with E-state index in [0.29, 0.717) is 18.9 Å². The van der Waals surface area contributed by atoms with Crippen LogP contribution < -0.4 is 16.5 Å². The molecule has 1 aliphatic carbocycles. The summed E-state index contributed by atoms with van der Waals surface area (Å²) in [6.07, 6.45) is 2.23. The molecule has 138 valence electrons. The highest BCUT2D eigenvalue weighted by atomic mass is 32.1. The van der Waals surface area contributed by atoms with Crippen molar-refractivity contribution in [3.05, 3.63) is 22.6 Å². The average molecular weight is 366 g/mol. The maximum absolute atomic E-state index is 12.4. The molecule has 1 aromatic rings. The van der Waals surface area contributed by atoms with Gasteiger partial charge in [-0.25, -0.2) is 0 Å². The summed E-state index contributed by atoms with van der Waals surface area (Å²) in [5.41, 5.74) is 10.6. The molecule has 0 unspecified atom stereocenters. The number of hydrogen-bond acceptors (Lipinski definition) is 5. The lowest BCUT2D eigenvalue weighted by molar-refractivity contribution is 0.0917. The number of thiocarbonyl (C=S) groups is 1. The van der Waals surface area contributed by atoms with Gasteiger partial charge in [-0.05, 0) is 37.4 Å².